The van der Waals surface area contributed by atoms with Crippen LogP contribution in [-0.4, -0.2) is 29.1 Å². The number of hydrogen-bond acceptors (Lipinski definition) is 5. The number of thiazole rings is 1. The lowest BCUT2D eigenvalue weighted by Gasteiger charge is -2.23. The van der Waals surface area contributed by atoms with Crippen LogP contribution in [0.1, 0.15) is 23.4 Å². The van der Waals surface area contributed by atoms with Gasteiger partial charge < -0.3 is 4.74 Å². The van der Waals surface area contributed by atoms with Gasteiger partial charge in [-0.25, -0.2) is 4.98 Å². The zero-order valence-corrected chi connectivity index (χ0v) is 12.5. The highest BCUT2D eigenvalue weighted by molar-refractivity contribution is 7.09. The molecule has 0 bridgehead atoms. The van der Waals surface area contributed by atoms with Crippen molar-refractivity contribution in [3.05, 3.63) is 39.0 Å². The Labute approximate surface area is 121 Å². The second kappa shape index (κ2) is 6.61. The summed E-state index contributed by atoms with van der Waals surface area (Å²) in [5.41, 5.74) is 1.39. The fourth-order valence-electron chi connectivity index (χ4n) is 2.42. The van der Waals surface area contributed by atoms with E-state index in [1.807, 2.05) is 11.6 Å². The monoisotopic (exact) mass is 294 g/mol. The molecule has 1 atom stereocenters. The first-order valence-electron chi connectivity index (χ1n) is 6.63. The van der Waals surface area contributed by atoms with E-state index in [2.05, 4.69) is 26.7 Å². The maximum atomic E-state index is 5.77. The van der Waals surface area contributed by atoms with Gasteiger partial charge in [-0.15, -0.1) is 11.3 Å². The molecule has 19 heavy (non-hydrogen) atoms. The van der Waals surface area contributed by atoms with E-state index in [0.717, 1.165) is 26.2 Å². The van der Waals surface area contributed by atoms with Crippen LogP contribution in [0.5, 0.6) is 0 Å². The molecule has 1 aliphatic heterocycles. The van der Waals surface area contributed by atoms with Crippen LogP contribution in [0, 0.1) is 0 Å². The molecule has 3 heterocycles. The van der Waals surface area contributed by atoms with Crippen LogP contribution >= 0.6 is 22.7 Å². The molecule has 0 saturated carbocycles. The van der Waals surface area contributed by atoms with E-state index in [1.54, 1.807) is 22.7 Å². The van der Waals surface area contributed by atoms with Gasteiger partial charge in [0.2, 0.25) is 0 Å². The van der Waals surface area contributed by atoms with Gasteiger partial charge in [0, 0.05) is 31.3 Å². The Bertz CT molecular complexity index is 427. The fourth-order valence-corrected chi connectivity index (χ4v) is 3.74. The van der Waals surface area contributed by atoms with Crippen molar-refractivity contribution in [2.75, 3.05) is 13.2 Å². The summed E-state index contributed by atoms with van der Waals surface area (Å²) in [5, 5.41) is 7.60. The summed E-state index contributed by atoms with van der Waals surface area (Å²) < 4.78 is 5.77. The van der Waals surface area contributed by atoms with Crippen molar-refractivity contribution >= 4 is 22.7 Å². The third kappa shape index (κ3) is 3.86. The van der Waals surface area contributed by atoms with Gasteiger partial charge in [-0.2, -0.15) is 11.3 Å². The molecule has 102 valence electrons. The molecule has 2 aromatic heterocycles. The molecule has 3 nitrogen and oxygen atoms in total. The highest BCUT2D eigenvalue weighted by Crippen LogP contribution is 2.18. The van der Waals surface area contributed by atoms with E-state index in [-0.39, 0.29) is 0 Å². The summed E-state index contributed by atoms with van der Waals surface area (Å²) in [6.07, 6.45) is 4.68. The van der Waals surface area contributed by atoms with Gasteiger partial charge in [0.1, 0.15) is 5.01 Å². The third-order valence-electron chi connectivity index (χ3n) is 3.31. The minimum absolute atomic E-state index is 0.401. The molecular formula is C14H18N2OS2. The van der Waals surface area contributed by atoms with E-state index in [9.17, 15) is 0 Å². The topological polar surface area (TPSA) is 25.4 Å². The number of nitrogens with zero attached hydrogens (tertiary/aromatic N) is 2. The van der Waals surface area contributed by atoms with Gasteiger partial charge in [0.15, 0.2) is 0 Å². The van der Waals surface area contributed by atoms with Crippen molar-refractivity contribution in [2.45, 2.75) is 32.0 Å². The standard InChI is InChI=1S/C14H18N2OS2/c1-2-13(17-5-1)9-16(8-12-3-6-18-11-12)10-14-15-4-7-19-14/h3-4,6-7,11,13H,1-2,5,8-10H2/t13-/m1/s1. The number of thiophene rings is 1. The fraction of sp³-hybridized carbons (Fsp3) is 0.500. The van der Waals surface area contributed by atoms with Crippen LogP contribution in [0.15, 0.2) is 28.4 Å². The summed E-state index contributed by atoms with van der Waals surface area (Å²) in [6, 6.07) is 2.20. The summed E-state index contributed by atoms with van der Waals surface area (Å²) in [6.45, 7) is 3.85. The predicted molar refractivity (Wildman–Crippen MR) is 79.5 cm³/mol. The van der Waals surface area contributed by atoms with E-state index in [4.69, 9.17) is 4.74 Å². The lowest BCUT2D eigenvalue weighted by Crippen LogP contribution is -2.31. The van der Waals surface area contributed by atoms with Gasteiger partial charge in [0.25, 0.3) is 0 Å². The second-order valence-corrected chi connectivity index (χ2v) is 6.62. The molecule has 5 heteroatoms. The first-order valence-corrected chi connectivity index (χ1v) is 8.46. The minimum atomic E-state index is 0.401. The van der Waals surface area contributed by atoms with Crippen LogP contribution in [0.2, 0.25) is 0 Å². The second-order valence-electron chi connectivity index (χ2n) is 4.86. The normalized spacial score (nSPS) is 19.3. The largest absolute Gasteiger partial charge is 0.377 e. The molecule has 0 spiro atoms. The quantitative estimate of drug-likeness (QED) is 0.816. The van der Waals surface area contributed by atoms with Gasteiger partial charge in [-0.3, -0.25) is 4.90 Å². The van der Waals surface area contributed by atoms with Crippen LogP contribution < -0.4 is 0 Å². The maximum absolute atomic E-state index is 5.77. The van der Waals surface area contributed by atoms with Crippen molar-refractivity contribution in [1.82, 2.24) is 9.88 Å². The Kier molecular flexibility index (Phi) is 4.61. The molecule has 3 rings (SSSR count). The molecule has 0 radical (unpaired) electrons. The van der Waals surface area contributed by atoms with E-state index in [1.165, 1.54) is 23.4 Å². The number of rotatable bonds is 6. The molecule has 0 aliphatic carbocycles. The summed E-state index contributed by atoms with van der Waals surface area (Å²) in [5.74, 6) is 0. The highest BCUT2D eigenvalue weighted by Gasteiger charge is 2.20. The predicted octanol–water partition coefficient (Wildman–Crippen LogP) is 3.39. The van der Waals surface area contributed by atoms with Crippen LogP contribution in [-0.2, 0) is 17.8 Å². The zero-order chi connectivity index (χ0) is 12.9. The molecule has 0 amide bonds. The zero-order valence-electron chi connectivity index (χ0n) is 10.8. The number of hydrogen-bond donors (Lipinski definition) is 0. The van der Waals surface area contributed by atoms with Crippen molar-refractivity contribution < 1.29 is 4.74 Å². The Hall–Kier alpha value is -0.750. The molecule has 0 aromatic carbocycles. The Morgan fingerprint density at radius 1 is 1.37 bits per heavy atom. The summed E-state index contributed by atoms with van der Waals surface area (Å²) in [7, 11) is 0. The maximum Gasteiger partial charge on any atom is 0.107 e. The Morgan fingerprint density at radius 2 is 2.37 bits per heavy atom. The molecule has 1 fully saturated rings. The Morgan fingerprint density at radius 3 is 3.05 bits per heavy atom. The van der Waals surface area contributed by atoms with Crippen molar-refractivity contribution in [3.8, 4) is 0 Å². The van der Waals surface area contributed by atoms with Crippen molar-refractivity contribution in [3.63, 3.8) is 0 Å². The Balaban J connectivity index is 1.63. The summed E-state index contributed by atoms with van der Waals surface area (Å²) >= 11 is 3.49. The van der Waals surface area contributed by atoms with Crippen molar-refractivity contribution in [1.29, 1.82) is 0 Å². The van der Waals surface area contributed by atoms with Crippen molar-refractivity contribution in [2.24, 2.45) is 0 Å². The van der Waals surface area contributed by atoms with Gasteiger partial charge >= 0.3 is 0 Å². The summed E-state index contributed by atoms with van der Waals surface area (Å²) in [4.78, 5) is 6.85. The first kappa shape index (κ1) is 13.2. The molecule has 1 aliphatic rings. The lowest BCUT2D eigenvalue weighted by atomic mass is 10.2. The van der Waals surface area contributed by atoms with E-state index < -0.39 is 0 Å². The lowest BCUT2D eigenvalue weighted by molar-refractivity contribution is 0.0679. The molecule has 1 saturated heterocycles. The van der Waals surface area contributed by atoms with E-state index in [0.29, 0.717) is 6.10 Å². The van der Waals surface area contributed by atoms with Crippen LogP contribution in [0.4, 0.5) is 0 Å². The van der Waals surface area contributed by atoms with Gasteiger partial charge in [0.05, 0.1) is 12.6 Å². The molecule has 0 unspecified atom stereocenters. The third-order valence-corrected chi connectivity index (χ3v) is 4.81. The van der Waals surface area contributed by atoms with Crippen LogP contribution in [0.25, 0.3) is 0 Å². The van der Waals surface area contributed by atoms with Gasteiger partial charge in [-0.05, 0) is 35.2 Å². The van der Waals surface area contributed by atoms with E-state index >= 15 is 0 Å². The molecular weight excluding hydrogens is 276 g/mol. The molecule has 2 aromatic rings. The molecule has 0 N–H and O–H groups in total. The number of ether oxygens (including phenoxy) is 1. The SMILES string of the molecule is c1csc(CN(Cc2ccsc2)C[C@H]2CCCO2)n1. The smallest absolute Gasteiger partial charge is 0.107 e. The average molecular weight is 294 g/mol. The first-order chi connectivity index (χ1) is 9.40. The van der Waals surface area contributed by atoms with Gasteiger partial charge in [-0.1, -0.05) is 0 Å². The van der Waals surface area contributed by atoms with Crippen LogP contribution in [0.3, 0.4) is 0 Å². The highest BCUT2D eigenvalue weighted by atomic mass is 32.1. The number of aromatic nitrogens is 1. The average Bonchev–Trinajstić information content (AvgIpc) is 3.10. The minimum Gasteiger partial charge on any atom is -0.377 e.